The van der Waals surface area contributed by atoms with Gasteiger partial charge < -0.3 is 15.8 Å². The third-order valence-corrected chi connectivity index (χ3v) is 3.86. The van der Waals surface area contributed by atoms with Gasteiger partial charge in [0.15, 0.2) is 0 Å². The van der Waals surface area contributed by atoms with Gasteiger partial charge in [0.25, 0.3) is 0 Å². The molecule has 0 aliphatic carbocycles. The summed E-state index contributed by atoms with van der Waals surface area (Å²) in [5, 5.41) is 3.31. The van der Waals surface area contributed by atoms with Crippen LogP contribution in [0.4, 0.5) is 11.8 Å². The number of aromatic nitrogens is 2. The molecule has 1 fully saturated rings. The minimum atomic E-state index is -0.0123. The maximum atomic E-state index is 6.06. The summed E-state index contributed by atoms with van der Waals surface area (Å²) < 4.78 is 6.06. The van der Waals surface area contributed by atoms with Crippen LogP contribution in [0, 0.1) is 5.92 Å². The second kappa shape index (κ2) is 6.43. The molecule has 2 rings (SSSR count). The molecule has 19 heavy (non-hydrogen) atoms. The number of thiol groups is 1. The quantitative estimate of drug-likeness (QED) is 0.724. The van der Waals surface area contributed by atoms with Gasteiger partial charge in [0.2, 0.25) is 5.95 Å². The Hall–Kier alpha value is -1.01. The van der Waals surface area contributed by atoms with E-state index in [1.165, 1.54) is 0 Å². The molecule has 2 heterocycles. The summed E-state index contributed by atoms with van der Waals surface area (Å²) in [6.45, 7) is 4.37. The summed E-state index contributed by atoms with van der Waals surface area (Å²) >= 11 is 4.34. The first kappa shape index (κ1) is 14.4. The van der Waals surface area contributed by atoms with E-state index in [9.17, 15) is 0 Å². The summed E-state index contributed by atoms with van der Waals surface area (Å²) in [6, 6.07) is 0. The molecule has 0 bridgehead atoms. The SMILES string of the molecule is CCCC1CC(CC)C(Nc2nc(N)ncc2S)O1. The zero-order valence-corrected chi connectivity index (χ0v) is 12.4. The number of hydrogen-bond donors (Lipinski definition) is 3. The van der Waals surface area contributed by atoms with Crippen LogP contribution in [0.3, 0.4) is 0 Å². The monoisotopic (exact) mass is 282 g/mol. The molecule has 0 amide bonds. The van der Waals surface area contributed by atoms with Crippen LogP contribution in [0.25, 0.3) is 0 Å². The van der Waals surface area contributed by atoms with Gasteiger partial charge in [-0.25, -0.2) is 4.98 Å². The highest BCUT2D eigenvalue weighted by Gasteiger charge is 2.33. The number of rotatable bonds is 5. The average molecular weight is 282 g/mol. The van der Waals surface area contributed by atoms with Crippen LogP contribution < -0.4 is 11.1 Å². The highest BCUT2D eigenvalue weighted by molar-refractivity contribution is 7.80. The summed E-state index contributed by atoms with van der Waals surface area (Å²) in [5.41, 5.74) is 5.61. The molecule has 0 spiro atoms. The van der Waals surface area contributed by atoms with Crippen molar-refractivity contribution in [2.45, 2.75) is 56.8 Å². The number of nitrogens with one attached hydrogen (secondary N) is 1. The van der Waals surface area contributed by atoms with Crippen molar-refractivity contribution >= 4 is 24.4 Å². The predicted octanol–water partition coefficient (Wildman–Crippen LogP) is 2.70. The second-order valence-corrected chi connectivity index (χ2v) is 5.46. The molecular formula is C13H22N4OS. The third kappa shape index (κ3) is 3.51. The van der Waals surface area contributed by atoms with E-state index in [1.807, 2.05) is 0 Å². The van der Waals surface area contributed by atoms with Crippen molar-refractivity contribution in [3.63, 3.8) is 0 Å². The van der Waals surface area contributed by atoms with Crippen LogP contribution in [0.15, 0.2) is 11.1 Å². The lowest BCUT2D eigenvalue weighted by molar-refractivity contribution is 0.0459. The number of nitrogens with zero attached hydrogens (tertiary/aromatic N) is 2. The Morgan fingerprint density at radius 1 is 1.53 bits per heavy atom. The van der Waals surface area contributed by atoms with E-state index >= 15 is 0 Å². The van der Waals surface area contributed by atoms with E-state index in [0.717, 1.165) is 25.7 Å². The van der Waals surface area contributed by atoms with Crippen LogP contribution in [0.5, 0.6) is 0 Å². The number of nitrogen functional groups attached to an aromatic ring is 1. The molecule has 0 saturated carbocycles. The van der Waals surface area contributed by atoms with Crippen molar-refractivity contribution in [2.75, 3.05) is 11.1 Å². The van der Waals surface area contributed by atoms with Crippen LogP contribution in [-0.4, -0.2) is 22.3 Å². The Kier molecular flexibility index (Phi) is 4.87. The van der Waals surface area contributed by atoms with Gasteiger partial charge in [-0.1, -0.05) is 20.3 Å². The smallest absolute Gasteiger partial charge is 0.221 e. The van der Waals surface area contributed by atoms with Crippen LogP contribution in [0.2, 0.25) is 0 Å². The van der Waals surface area contributed by atoms with Gasteiger partial charge in [0.1, 0.15) is 12.0 Å². The van der Waals surface area contributed by atoms with Crippen molar-refractivity contribution < 1.29 is 4.74 Å². The zero-order valence-electron chi connectivity index (χ0n) is 11.5. The molecule has 1 aromatic rings. The van der Waals surface area contributed by atoms with Gasteiger partial charge in [-0.2, -0.15) is 4.98 Å². The molecule has 1 aliphatic heterocycles. The molecule has 1 saturated heterocycles. The van der Waals surface area contributed by atoms with Crippen LogP contribution in [0.1, 0.15) is 39.5 Å². The Labute approximate surface area is 119 Å². The average Bonchev–Trinajstić information content (AvgIpc) is 2.76. The number of ether oxygens (including phenoxy) is 1. The van der Waals surface area contributed by atoms with Gasteiger partial charge in [0, 0.05) is 12.1 Å². The van der Waals surface area contributed by atoms with Crippen LogP contribution >= 0.6 is 12.6 Å². The molecule has 3 unspecified atom stereocenters. The fraction of sp³-hybridized carbons (Fsp3) is 0.692. The lowest BCUT2D eigenvalue weighted by Gasteiger charge is -2.20. The molecule has 3 atom stereocenters. The fourth-order valence-electron chi connectivity index (χ4n) is 2.51. The summed E-state index contributed by atoms with van der Waals surface area (Å²) in [6.07, 6.45) is 6.37. The standard InChI is InChI=1S/C13H22N4OS/c1-3-5-9-6-8(4-2)12(18-9)16-11-10(19)7-15-13(14)17-11/h7-9,12,19H,3-6H2,1-2H3,(H3,14,15,16,17). The van der Waals surface area contributed by atoms with Crippen molar-refractivity contribution in [1.82, 2.24) is 9.97 Å². The van der Waals surface area contributed by atoms with Crippen LogP contribution in [-0.2, 0) is 4.74 Å². The zero-order chi connectivity index (χ0) is 13.8. The molecule has 3 N–H and O–H groups in total. The first-order valence-electron chi connectivity index (χ1n) is 6.87. The largest absolute Gasteiger partial charge is 0.368 e. The Bertz CT molecular complexity index is 429. The van der Waals surface area contributed by atoms with E-state index in [0.29, 0.717) is 22.7 Å². The van der Waals surface area contributed by atoms with Crippen molar-refractivity contribution in [2.24, 2.45) is 5.92 Å². The maximum Gasteiger partial charge on any atom is 0.221 e. The molecular weight excluding hydrogens is 260 g/mol. The normalized spacial score (nSPS) is 26.6. The molecule has 6 heteroatoms. The molecule has 0 radical (unpaired) electrons. The van der Waals surface area contributed by atoms with Gasteiger partial charge in [-0.15, -0.1) is 12.6 Å². The molecule has 106 valence electrons. The van der Waals surface area contributed by atoms with Gasteiger partial charge >= 0.3 is 0 Å². The lowest BCUT2D eigenvalue weighted by atomic mass is 9.99. The van der Waals surface area contributed by atoms with Gasteiger partial charge in [0.05, 0.1) is 11.0 Å². The minimum Gasteiger partial charge on any atom is -0.368 e. The molecule has 0 aromatic carbocycles. The van der Waals surface area contributed by atoms with Crippen molar-refractivity contribution in [1.29, 1.82) is 0 Å². The van der Waals surface area contributed by atoms with Crippen molar-refractivity contribution in [3.8, 4) is 0 Å². The topological polar surface area (TPSA) is 73.1 Å². The second-order valence-electron chi connectivity index (χ2n) is 4.98. The highest BCUT2D eigenvalue weighted by Crippen LogP contribution is 2.32. The van der Waals surface area contributed by atoms with E-state index in [4.69, 9.17) is 10.5 Å². The summed E-state index contributed by atoms with van der Waals surface area (Å²) in [4.78, 5) is 8.77. The number of nitrogens with two attached hydrogens (primary N) is 1. The number of hydrogen-bond acceptors (Lipinski definition) is 6. The predicted molar refractivity (Wildman–Crippen MR) is 79.3 cm³/mol. The van der Waals surface area contributed by atoms with E-state index in [-0.39, 0.29) is 12.2 Å². The highest BCUT2D eigenvalue weighted by atomic mass is 32.1. The summed E-state index contributed by atoms with van der Waals surface area (Å²) in [5.74, 6) is 1.40. The maximum absolute atomic E-state index is 6.06. The van der Waals surface area contributed by atoms with E-state index in [2.05, 4.69) is 41.8 Å². The van der Waals surface area contributed by atoms with Crippen molar-refractivity contribution in [3.05, 3.63) is 6.20 Å². The lowest BCUT2D eigenvalue weighted by Crippen LogP contribution is -2.26. The first-order valence-corrected chi connectivity index (χ1v) is 7.32. The summed E-state index contributed by atoms with van der Waals surface area (Å²) in [7, 11) is 0. The third-order valence-electron chi connectivity index (χ3n) is 3.53. The molecule has 1 aliphatic rings. The number of anilines is 2. The minimum absolute atomic E-state index is 0.0123. The van der Waals surface area contributed by atoms with Gasteiger partial charge in [-0.3, -0.25) is 0 Å². The Morgan fingerprint density at radius 3 is 3.00 bits per heavy atom. The van der Waals surface area contributed by atoms with E-state index < -0.39 is 0 Å². The van der Waals surface area contributed by atoms with E-state index in [1.54, 1.807) is 6.20 Å². The molecule has 1 aromatic heterocycles. The fourth-order valence-corrected chi connectivity index (χ4v) is 2.68. The first-order chi connectivity index (χ1) is 9.13. The van der Waals surface area contributed by atoms with Gasteiger partial charge in [-0.05, 0) is 19.3 Å². The Balaban J connectivity index is 2.06. The molecule has 5 nitrogen and oxygen atoms in total. The Morgan fingerprint density at radius 2 is 2.32 bits per heavy atom.